The van der Waals surface area contributed by atoms with Gasteiger partial charge in [-0.05, 0) is 29.5 Å². The second-order valence-corrected chi connectivity index (χ2v) is 8.39. The largest absolute Gasteiger partial charge is 0.490 e. The lowest BCUT2D eigenvalue weighted by Gasteiger charge is -2.18. The average Bonchev–Trinajstić information content (AvgIpc) is 3.37. The molecule has 2 aliphatic heterocycles. The molecular formula is C20H20Cl2F3N5O3. The maximum atomic E-state index is 12.4. The number of carboxylic acid groups (broad SMARTS) is 1. The summed E-state index contributed by atoms with van der Waals surface area (Å²) in [7, 11) is 0. The molecule has 8 nitrogen and oxygen atoms in total. The van der Waals surface area contributed by atoms with E-state index in [2.05, 4.69) is 25.5 Å². The highest BCUT2D eigenvalue weighted by molar-refractivity contribution is 6.42. The van der Waals surface area contributed by atoms with Crippen molar-refractivity contribution in [2.45, 2.75) is 12.7 Å². The fourth-order valence-corrected chi connectivity index (χ4v) is 3.90. The van der Waals surface area contributed by atoms with Crippen molar-refractivity contribution in [1.29, 1.82) is 0 Å². The quantitative estimate of drug-likeness (QED) is 0.586. The number of fused-ring (bicyclic) bond motifs is 1. The van der Waals surface area contributed by atoms with Crippen LogP contribution in [-0.2, 0) is 11.3 Å². The molecule has 2 aromatic rings. The molecule has 3 N–H and O–H groups in total. The maximum absolute atomic E-state index is 12.4. The van der Waals surface area contributed by atoms with Crippen molar-refractivity contribution >= 4 is 40.9 Å². The van der Waals surface area contributed by atoms with Crippen LogP contribution in [0.1, 0.15) is 16.1 Å². The lowest BCUT2D eigenvalue weighted by atomic mass is 10.0. The molecule has 13 heteroatoms. The Morgan fingerprint density at radius 1 is 1.15 bits per heavy atom. The topological polar surface area (TPSA) is 107 Å². The van der Waals surface area contributed by atoms with Crippen LogP contribution >= 0.6 is 23.2 Å². The van der Waals surface area contributed by atoms with E-state index in [-0.39, 0.29) is 5.91 Å². The molecule has 1 aromatic carbocycles. The maximum Gasteiger partial charge on any atom is 0.490 e. The van der Waals surface area contributed by atoms with Crippen molar-refractivity contribution in [2.75, 3.05) is 31.1 Å². The third kappa shape index (κ3) is 6.68. The number of hydrogen-bond donors (Lipinski definition) is 3. The summed E-state index contributed by atoms with van der Waals surface area (Å²) in [4.78, 5) is 32.3. The summed E-state index contributed by atoms with van der Waals surface area (Å²) in [6.45, 7) is 4.37. The molecule has 1 aromatic heterocycles. The SMILES string of the molecule is O=C(NCc1ccc(Cl)c(Cl)c1)c1cncc(N2C[C@H]3CNC[C@H]3C2)n1.O=C(O)C(F)(F)F. The van der Waals surface area contributed by atoms with Crippen LogP contribution in [0.2, 0.25) is 10.0 Å². The van der Waals surface area contributed by atoms with Crippen LogP contribution in [0, 0.1) is 11.8 Å². The van der Waals surface area contributed by atoms with E-state index in [4.69, 9.17) is 33.1 Å². The fraction of sp³-hybridized carbons (Fsp3) is 0.400. The van der Waals surface area contributed by atoms with Crippen LogP contribution < -0.4 is 15.5 Å². The zero-order valence-electron chi connectivity index (χ0n) is 17.1. The van der Waals surface area contributed by atoms with Gasteiger partial charge in [0, 0.05) is 32.7 Å². The number of anilines is 1. The van der Waals surface area contributed by atoms with Gasteiger partial charge in [-0.2, -0.15) is 13.2 Å². The van der Waals surface area contributed by atoms with E-state index < -0.39 is 12.1 Å². The average molecular weight is 506 g/mol. The zero-order chi connectivity index (χ0) is 24.2. The van der Waals surface area contributed by atoms with Gasteiger partial charge in [0.15, 0.2) is 0 Å². The zero-order valence-corrected chi connectivity index (χ0v) is 18.6. The number of aromatic nitrogens is 2. The molecule has 0 radical (unpaired) electrons. The predicted octanol–water partition coefficient (Wildman–Crippen LogP) is 3.00. The molecular weight excluding hydrogens is 486 g/mol. The Morgan fingerprint density at radius 2 is 1.79 bits per heavy atom. The molecule has 0 unspecified atom stereocenters. The van der Waals surface area contributed by atoms with Crippen molar-refractivity contribution in [3.05, 3.63) is 51.9 Å². The molecule has 4 rings (SSSR count). The number of carboxylic acids is 1. The molecule has 33 heavy (non-hydrogen) atoms. The summed E-state index contributed by atoms with van der Waals surface area (Å²) in [5.74, 6) is -0.937. The molecule has 0 spiro atoms. The summed E-state index contributed by atoms with van der Waals surface area (Å²) >= 11 is 11.9. The van der Waals surface area contributed by atoms with Gasteiger partial charge in [-0.15, -0.1) is 0 Å². The highest BCUT2D eigenvalue weighted by Crippen LogP contribution is 2.29. The highest BCUT2D eigenvalue weighted by Gasteiger charge is 2.38. The molecule has 2 saturated heterocycles. The molecule has 3 heterocycles. The lowest BCUT2D eigenvalue weighted by Crippen LogP contribution is -2.28. The summed E-state index contributed by atoms with van der Waals surface area (Å²) < 4.78 is 31.7. The van der Waals surface area contributed by atoms with Crippen LogP contribution in [0.4, 0.5) is 19.0 Å². The van der Waals surface area contributed by atoms with Crippen LogP contribution in [0.15, 0.2) is 30.6 Å². The molecule has 2 atom stereocenters. The summed E-state index contributed by atoms with van der Waals surface area (Å²) in [6.07, 6.45) is -1.86. The minimum atomic E-state index is -5.08. The first kappa shape index (κ1) is 25.0. The monoisotopic (exact) mass is 505 g/mol. The van der Waals surface area contributed by atoms with Crippen LogP contribution in [0.5, 0.6) is 0 Å². The second kappa shape index (κ2) is 10.5. The molecule has 0 bridgehead atoms. The molecule has 1 amide bonds. The first-order valence-electron chi connectivity index (χ1n) is 9.84. The van der Waals surface area contributed by atoms with Gasteiger partial charge in [-0.3, -0.25) is 9.78 Å². The number of halogens is 5. The van der Waals surface area contributed by atoms with Crippen molar-refractivity contribution in [1.82, 2.24) is 20.6 Å². The van der Waals surface area contributed by atoms with Gasteiger partial charge in [-0.25, -0.2) is 9.78 Å². The van der Waals surface area contributed by atoms with Crippen molar-refractivity contribution in [2.24, 2.45) is 11.8 Å². The lowest BCUT2D eigenvalue weighted by molar-refractivity contribution is -0.192. The minimum Gasteiger partial charge on any atom is -0.475 e. The molecule has 178 valence electrons. The Labute approximate surface area is 197 Å². The summed E-state index contributed by atoms with van der Waals surface area (Å²) in [5, 5.41) is 14.4. The van der Waals surface area contributed by atoms with Crippen molar-refractivity contribution < 1.29 is 27.9 Å². The van der Waals surface area contributed by atoms with Crippen molar-refractivity contribution in [3.8, 4) is 0 Å². The number of carbonyl (C=O) groups excluding carboxylic acids is 1. The molecule has 0 saturated carbocycles. The summed E-state index contributed by atoms with van der Waals surface area (Å²) in [5.41, 5.74) is 1.19. The number of hydrogen-bond acceptors (Lipinski definition) is 6. The number of carbonyl (C=O) groups is 2. The van der Waals surface area contributed by atoms with E-state index in [1.807, 2.05) is 6.07 Å². The molecule has 0 aliphatic carbocycles. The highest BCUT2D eigenvalue weighted by atomic mass is 35.5. The standard InChI is InChI=1S/C18H19Cl2N5O.C2HF3O2/c19-14-2-1-11(3-15(14)20)4-23-18(26)16-7-22-8-17(24-16)25-9-12-5-21-6-13(12)10-25;3-2(4,5)1(6)7/h1-3,7-8,12-13,21H,4-6,9-10H2,(H,23,26);(H,6,7)/t12-,13+;. The van der Waals surface area contributed by atoms with E-state index in [1.54, 1.807) is 18.3 Å². The smallest absolute Gasteiger partial charge is 0.475 e. The van der Waals surface area contributed by atoms with E-state index >= 15 is 0 Å². The van der Waals surface area contributed by atoms with Crippen molar-refractivity contribution in [3.63, 3.8) is 0 Å². The van der Waals surface area contributed by atoms with Crippen LogP contribution in [-0.4, -0.2) is 59.3 Å². The third-order valence-electron chi connectivity index (χ3n) is 5.25. The number of rotatable bonds is 4. The van der Waals surface area contributed by atoms with Crippen LogP contribution in [0.25, 0.3) is 0 Å². The Morgan fingerprint density at radius 3 is 2.36 bits per heavy atom. The summed E-state index contributed by atoms with van der Waals surface area (Å²) in [6, 6.07) is 5.28. The number of nitrogens with zero attached hydrogens (tertiary/aromatic N) is 3. The van der Waals surface area contributed by atoms with Gasteiger partial charge in [0.05, 0.1) is 22.4 Å². The number of aliphatic carboxylic acids is 1. The first-order valence-corrected chi connectivity index (χ1v) is 10.6. The number of alkyl halides is 3. The van der Waals surface area contributed by atoms with Gasteiger partial charge in [0.1, 0.15) is 11.5 Å². The number of nitrogens with one attached hydrogen (secondary N) is 2. The van der Waals surface area contributed by atoms with Gasteiger partial charge in [0.25, 0.3) is 5.91 Å². The normalized spacial score (nSPS) is 19.5. The first-order chi connectivity index (χ1) is 15.5. The molecule has 2 aliphatic rings. The van der Waals surface area contributed by atoms with E-state index in [0.717, 1.165) is 37.6 Å². The Kier molecular flexibility index (Phi) is 7.98. The second-order valence-electron chi connectivity index (χ2n) is 7.58. The Hall–Kier alpha value is -2.63. The molecule has 2 fully saturated rings. The minimum absolute atomic E-state index is 0.258. The van der Waals surface area contributed by atoms with E-state index in [0.29, 0.717) is 34.1 Å². The van der Waals surface area contributed by atoms with Gasteiger partial charge in [-0.1, -0.05) is 29.3 Å². The van der Waals surface area contributed by atoms with Crippen LogP contribution in [0.3, 0.4) is 0 Å². The fourth-order valence-electron chi connectivity index (χ4n) is 3.58. The van der Waals surface area contributed by atoms with Gasteiger partial charge < -0.3 is 20.6 Å². The van der Waals surface area contributed by atoms with E-state index in [1.165, 1.54) is 6.20 Å². The number of benzene rings is 1. The third-order valence-corrected chi connectivity index (χ3v) is 5.99. The van der Waals surface area contributed by atoms with Gasteiger partial charge >= 0.3 is 12.1 Å². The Balaban J connectivity index is 0.000000383. The van der Waals surface area contributed by atoms with E-state index in [9.17, 15) is 18.0 Å². The number of amides is 1. The predicted molar refractivity (Wildman–Crippen MR) is 115 cm³/mol. The van der Waals surface area contributed by atoms with Gasteiger partial charge in [0.2, 0.25) is 0 Å². The Bertz CT molecular complexity index is 1010.